The summed E-state index contributed by atoms with van der Waals surface area (Å²) in [7, 11) is -3.03. The van der Waals surface area contributed by atoms with Gasteiger partial charge in [0.25, 0.3) is 0 Å². The molecule has 3 rings (SSSR count). The van der Waals surface area contributed by atoms with Crippen LogP contribution >= 0.6 is 0 Å². The van der Waals surface area contributed by atoms with Gasteiger partial charge in [-0.2, -0.15) is 0 Å². The van der Waals surface area contributed by atoms with Crippen molar-refractivity contribution in [3.05, 3.63) is 57.4 Å². The lowest BCUT2D eigenvalue weighted by Crippen LogP contribution is -2.18. The smallest absolute Gasteiger partial charge is 0.339 e. The predicted molar refractivity (Wildman–Crippen MR) is 111 cm³/mol. The highest BCUT2D eigenvalue weighted by Crippen LogP contribution is 2.29. The molecule has 1 aromatic carbocycles. The minimum Gasteiger partial charge on any atom is -0.454 e. The zero-order valence-electron chi connectivity index (χ0n) is 17.5. The summed E-state index contributed by atoms with van der Waals surface area (Å²) in [4.78, 5) is 25.2. The second-order valence-electron chi connectivity index (χ2n) is 7.98. The van der Waals surface area contributed by atoms with Gasteiger partial charge in [0.05, 0.1) is 17.1 Å². The van der Waals surface area contributed by atoms with Gasteiger partial charge in [-0.15, -0.1) is 0 Å². The van der Waals surface area contributed by atoms with Crippen molar-refractivity contribution in [2.45, 2.75) is 47.1 Å². The Morgan fingerprint density at radius 2 is 1.69 bits per heavy atom. The fourth-order valence-corrected chi connectivity index (χ4v) is 6.08. The van der Waals surface area contributed by atoms with Gasteiger partial charge in [-0.3, -0.25) is 4.79 Å². The van der Waals surface area contributed by atoms with Crippen molar-refractivity contribution in [3.63, 3.8) is 0 Å². The third-order valence-corrected chi connectivity index (χ3v) is 7.32. The van der Waals surface area contributed by atoms with Gasteiger partial charge < -0.3 is 9.30 Å². The number of hydrogen-bond donors (Lipinski definition) is 0. The van der Waals surface area contributed by atoms with E-state index in [0.717, 1.165) is 22.4 Å². The molecule has 0 saturated carbocycles. The molecule has 1 aliphatic rings. The molecule has 0 spiro atoms. The molecule has 1 fully saturated rings. The fraction of sp³-hybridized carbons (Fsp3) is 0.455. The number of nitrogens with zero attached hydrogens (tertiary/aromatic N) is 1. The number of benzene rings is 1. The van der Waals surface area contributed by atoms with Gasteiger partial charge in [0.1, 0.15) is 0 Å². The molecule has 2 aromatic rings. The summed E-state index contributed by atoms with van der Waals surface area (Å²) < 4.78 is 30.9. The molecule has 29 heavy (non-hydrogen) atoms. The van der Waals surface area contributed by atoms with Crippen LogP contribution in [0.1, 0.15) is 61.3 Å². The van der Waals surface area contributed by atoms with E-state index in [4.69, 9.17) is 4.74 Å². The van der Waals surface area contributed by atoms with Crippen molar-refractivity contribution in [1.29, 1.82) is 0 Å². The largest absolute Gasteiger partial charge is 0.454 e. The second-order valence-corrected chi connectivity index (χ2v) is 10.2. The lowest BCUT2D eigenvalue weighted by atomic mass is 10.00. The van der Waals surface area contributed by atoms with Gasteiger partial charge in [0.15, 0.2) is 16.4 Å². The van der Waals surface area contributed by atoms with Gasteiger partial charge in [-0.1, -0.05) is 17.7 Å². The van der Waals surface area contributed by atoms with E-state index < -0.39 is 15.8 Å². The molecule has 0 N–H and O–H groups in total. The number of sulfone groups is 1. The monoisotopic (exact) mass is 417 g/mol. The zero-order valence-corrected chi connectivity index (χ0v) is 18.4. The molecule has 6 nitrogen and oxygen atoms in total. The van der Waals surface area contributed by atoms with E-state index in [9.17, 15) is 18.0 Å². The number of ketones is 1. The van der Waals surface area contributed by atoms with Crippen LogP contribution in [0.2, 0.25) is 0 Å². The maximum atomic E-state index is 12.7. The van der Waals surface area contributed by atoms with E-state index in [1.54, 1.807) is 13.0 Å². The molecule has 156 valence electrons. The Balaban J connectivity index is 1.75. The van der Waals surface area contributed by atoms with Crippen LogP contribution in [0.3, 0.4) is 0 Å². The fourth-order valence-electron chi connectivity index (χ4n) is 4.38. The number of ether oxygens (including phenoxy) is 1. The Morgan fingerprint density at radius 3 is 2.24 bits per heavy atom. The summed E-state index contributed by atoms with van der Waals surface area (Å²) in [6.45, 7) is 8.98. The van der Waals surface area contributed by atoms with Crippen molar-refractivity contribution in [2.24, 2.45) is 0 Å². The summed E-state index contributed by atoms with van der Waals surface area (Å²) >= 11 is 0. The molecule has 7 heteroatoms. The van der Waals surface area contributed by atoms with Crippen LogP contribution in [0, 0.1) is 34.6 Å². The SMILES string of the molecule is Cc1cc(C)c(C(=O)OCC(=O)c2cc(C)n(C3CCS(=O)(=O)C3)c2C)c(C)c1. The number of aromatic nitrogens is 1. The third-order valence-electron chi connectivity index (χ3n) is 5.57. The van der Waals surface area contributed by atoms with Crippen LogP contribution in [0.15, 0.2) is 18.2 Å². The maximum absolute atomic E-state index is 12.7. The van der Waals surface area contributed by atoms with Crippen LogP contribution in [-0.2, 0) is 14.6 Å². The third kappa shape index (κ3) is 4.29. The molecule has 1 aromatic heterocycles. The molecule has 2 heterocycles. The van der Waals surface area contributed by atoms with Crippen LogP contribution in [0.5, 0.6) is 0 Å². The van der Waals surface area contributed by atoms with Crippen LogP contribution in [-0.4, -0.2) is 42.9 Å². The standard InChI is InChI=1S/C22H27NO5S/c1-13-8-14(2)21(15(3)9-13)22(25)28-11-20(24)19-10-16(4)23(17(19)5)18-6-7-29(26,27)12-18/h8-10,18H,6-7,11-12H2,1-5H3. The van der Waals surface area contributed by atoms with Crippen LogP contribution in [0.4, 0.5) is 0 Å². The average Bonchev–Trinajstić information content (AvgIpc) is 3.10. The topological polar surface area (TPSA) is 82.4 Å². The predicted octanol–water partition coefficient (Wildman–Crippen LogP) is 3.43. The molecule has 1 aliphatic heterocycles. The summed E-state index contributed by atoms with van der Waals surface area (Å²) in [5.41, 5.74) is 5.22. The van der Waals surface area contributed by atoms with Crippen molar-refractivity contribution in [1.82, 2.24) is 4.57 Å². The van der Waals surface area contributed by atoms with Gasteiger partial charge in [0, 0.05) is 23.0 Å². The maximum Gasteiger partial charge on any atom is 0.339 e. The summed E-state index contributed by atoms with van der Waals surface area (Å²) in [6.07, 6.45) is 0.549. The molecule has 1 unspecified atom stereocenters. The van der Waals surface area contributed by atoms with Crippen molar-refractivity contribution >= 4 is 21.6 Å². The molecule has 0 bridgehead atoms. The van der Waals surface area contributed by atoms with Crippen molar-refractivity contribution < 1.29 is 22.7 Å². The highest BCUT2D eigenvalue weighted by atomic mass is 32.2. The summed E-state index contributed by atoms with van der Waals surface area (Å²) in [6, 6.07) is 5.42. The Kier molecular flexibility index (Phi) is 5.72. The first-order valence-corrected chi connectivity index (χ1v) is 11.5. The number of carbonyl (C=O) groups excluding carboxylic acids is 2. The average molecular weight is 418 g/mol. The molecular weight excluding hydrogens is 390 g/mol. The lowest BCUT2D eigenvalue weighted by molar-refractivity contribution is 0.0473. The minimum atomic E-state index is -3.03. The Bertz CT molecular complexity index is 1070. The van der Waals surface area contributed by atoms with Crippen LogP contribution in [0.25, 0.3) is 0 Å². The van der Waals surface area contributed by atoms with E-state index in [1.165, 1.54) is 0 Å². The number of rotatable bonds is 5. The number of hydrogen-bond acceptors (Lipinski definition) is 5. The second kappa shape index (κ2) is 7.78. The van der Waals surface area contributed by atoms with Crippen LogP contribution < -0.4 is 0 Å². The number of Topliss-reactive ketones (excluding diaryl/α,β-unsaturated/α-hetero) is 1. The van der Waals surface area contributed by atoms with E-state index in [0.29, 0.717) is 23.2 Å². The first-order chi connectivity index (χ1) is 13.5. The molecule has 0 aliphatic carbocycles. The highest BCUT2D eigenvalue weighted by molar-refractivity contribution is 7.91. The number of aryl methyl sites for hydroxylation is 4. The quantitative estimate of drug-likeness (QED) is 0.550. The Morgan fingerprint density at radius 1 is 1.07 bits per heavy atom. The molecule has 1 saturated heterocycles. The van der Waals surface area contributed by atoms with Gasteiger partial charge in [0.2, 0.25) is 5.78 Å². The van der Waals surface area contributed by atoms with E-state index in [2.05, 4.69) is 0 Å². The van der Waals surface area contributed by atoms with Gasteiger partial charge in [-0.25, -0.2) is 13.2 Å². The zero-order chi connectivity index (χ0) is 21.5. The van der Waals surface area contributed by atoms with E-state index >= 15 is 0 Å². The Labute approximate surface area is 171 Å². The summed E-state index contributed by atoms with van der Waals surface area (Å²) in [5, 5.41) is 0. The van der Waals surface area contributed by atoms with E-state index in [-0.39, 0.29) is 29.9 Å². The van der Waals surface area contributed by atoms with E-state index in [1.807, 2.05) is 44.4 Å². The Hall–Kier alpha value is -2.41. The molecule has 1 atom stereocenters. The van der Waals surface area contributed by atoms with Gasteiger partial charge in [-0.05, 0) is 58.2 Å². The van der Waals surface area contributed by atoms with Crippen molar-refractivity contribution in [2.75, 3.05) is 18.1 Å². The molecular formula is C22H27NO5S. The highest BCUT2D eigenvalue weighted by Gasteiger charge is 2.31. The first kappa shape index (κ1) is 21.3. The molecule has 0 radical (unpaired) electrons. The molecule has 0 amide bonds. The minimum absolute atomic E-state index is 0.0952. The van der Waals surface area contributed by atoms with Crippen molar-refractivity contribution in [3.8, 4) is 0 Å². The normalized spacial score (nSPS) is 18.0. The first-order valence-electron chi connectivity index (χ1n) is 9.67. The number of carbonyl (C=O) groups is 2. The summed E-state index contributed by atoms with van der Waals surface area (Å²) in [5.74, 6) is -0.534. The van der Waals surface area contributed by atoms with Gasteiger partial charge >= 0.3 is 5.97 Å². The number of esters is 1. The lowest BCUT2D eigenvalue weighted by Gasteiger charge is -2.16.